The Morgan fingerprint density at radius 2 is 2.20 bits per heavy atom. The molecule has 0 aliphatic rings. The van der Waals surface area contributed by atoms with Crippen molar-refractivity contribution in [3.8, 4) is 0 Å². The van der Waals surface area contributed by atoms with E-state index in [1.54, 1.807) is 6.07 Å². The second-order valence-electron chi connectivity index (χ2n) is 2.80. The summed E-state index contributed by atoms with van der Waals surface area (Å²) in [6, 6.07) is 7.21. The van der Waals surface area contributed by atoms with E-state index in [1.165, 1.54) is 0 Å². The number of nitrogens with one attached hydrogen (secondary N) is 1. The molecule has 4 nitrogen and oxygen atoms in total. The Bertz CT molecular complexity index is 330. The van der Waals surface area contributed by atoms with Gasteiger partial charge in [0.2, 0.25) is 0 Å². The zero-order chi connectivity index (χ0) is 11.1. The molecular weight excluding hydrogens is 218 g/mol. The Labute approximate surface area is 92.8 Å². The van der Waals surface area contributed by atoms with Gasteiger partial charge in [-0.1, -0.05) is 29.8 Å². The Morgan fingerprint density at radius 1 is 1.47 bits per heavy atom. The number of carbonyl (C=O) groups excluding carboxylic acids is 1. The molecule has 0 atom stereocenters. The smallest absolute Gasteiger partial charge is 0.407 e. The van der Waals surface area contributed by atoms with Crippen LogP contribution in [0.4, 0.5) is 4.79 Å². The molecular formula is C10H12ClNO3. The lowest BCUT2D eigenvalue weighted by Crippen LogP contribution is -2.24. The third-order valence-corrected chi connectivity index (χ3v) is 2.07. The first-order chi connectivity index (χ1) is 7.24. The molecule has 82 valence electrons. The molecule has 1 aromatic rings. The minimum Gasteiger partial charge on any atom is -0.447 e. The van der Waals surface area contributed by atoms with Gasteiger partial charge in [-0.25, -0.2) is 4.79 Å². The fourth-order valence-electron chi connectivity index (χ4n) is 0.999. The van der Waals surface area contributed by atoms with Gasteiger partial charge in [-0.05, 0) is 11.6 Å². The number of carbonyl (C=O) groups is 1. The molecule has 1 aromatic carbocycles. The van der Waals surface area contributed by atoms with Crippen molar-refractivity contribution in [3.05, 3.63) is 34.9 Å². The predicted molar refractivity (Wildman–Crippen MR) is 56.7 cm³/mol. The first-order valence-electron chi connectivity index (χ1n) is 4.49. The fourth-order valence-corrected chi connectivity index (χ4v) is 1.20. The SMILES string of the molecule is O=C(NCc1ccccc1Cl)OCCO. The summed E-state index contributed by atoms with van der Waals surface area (Å²) in [6.45, 7) is 0.123. The van der Waals surface area contributed by atoms with E-state index in [-0.39, 0.29) is 13.2 Å². The number of ether oxygens (including phenoxy) is 1. The van der Waals surface area contributed by atoms with Gasteiger partial charge in [0.15, 0.2) is 0 Å². The quantitative estimate of drug-likeness (QED) is 0.824. The maximum atomic E-state index is 11.0. The zero-order valence-corrected chi connectivity index (χ0v) is 8.83. The van der Waals surface area contributed by atoms with Gasteiger partial charge in [-0.15, -0.1) is 0 Å². The van der Waals surface area contributed by atoms with Crippen molar-refractivity contribution in [2.45, 2.75) is 6.54 Å². The lowest BCUT2D eigenvalue weighted by Gasteiger charge is -2.06. The zero-order valence-electron chi connectivity index (χ0n) is 8.07. The maximum Gasteiger partial charge on any atom is 0.407 e. The summed E-state index contributed by atoms with van der Waals surface area (Å²) in [5.74, 6) is 0. The van der Waals surface area contributed by atoms with Crippen LogP contribution in [0.1, 0.15) is 5.56 Å². The monoisotopic (exact) mass is 229 g/mol. The van der Waals surface area contributed by atoms with Crippen LogP contribution in [0.2, 0.25) is 5.02 Å². The van der Waals surface area contributed by atoms with E-state index < -0.39 is 6.09 Å². The molecule has 0 radical (unpaired) electrons. The minimum atomic E-state index is -0.566. The van der Waals surface area contributed by atoms with E-state index in [9.17, 15) is 4.79 Å². The third-order valence-electron chi connectivity index (χ3n) is 1.71. The van der Waals surface area contributed by atoms with E-state index >= 15 is 0 Å². The first-order valence-corrected chi connectivity index (χ1v) is 4.86. The van der Waals surface area contributed by atoms with Crippen LogP contribution in [0.5, 0.6) is 0 Å². The van der Waals surface area contributed by atoms with E-state index in [4.69, 9.17) is 16.7 Å². The molecule has 0 saturated carbocycles. The number of benzene rings is 1. The molecule has 1 rings (SSSR count). The summed E-state index contributed by atoms with van der Waals surface area (Å²) < 4.78 is 4.61. The van der Waals surface area contributed by atoms with Crippen LogP contribution >= 0.6 is 11.6 Å². The van der Waals surface area contributed by atoms with E-state index in [0.717, 1.165) is 5.56 Å². The van der Waals surface area contributed by atoms with Crippen molar-refractivity contribution >= 4 is 17.7 Å². The van der Waals surface area contributed by atoms with Crippen LogP contribution in [-0.2, 0) is 11.3 Å². The highest BCUT2D eigenvalue weighted by molar-refractivity contribution is 6.31. The van der Waals surface area contributed by atoms with Gasteiger partial charge in [-0.3, -0.25) is 0 Å². The third kappa shape index (κ3) is 4.18. The van der Waals surface area contributed by atoms with Crippen LogP contribution in [0.25, 0.3) is 0 Å². The molecule has 1 amide bonds. The maximum absolute atomic E-state index is 11.0. The molecule has 0 fully saturated rings. The summed E-state index contributed by atoms with van der Waals surface area (Å²) in [5.41, 5.74) is 0.820. The number of aliphatic hydroxyl groups excluding tert-OH is 1. The molecule has 0 bridgehead atoms. The molecule has 2 N–H and O–H groups in total. The highest BCUT2D eigenvalue weighted by atomic mass is 35.5. The van der Waals surface area contributed by atoms with E-state index in [0.29, 0.717) is 11.6 Å². The summed E-state index contributed by atoms with van der Waals surface area (Å²) in [5, 5.41) is 11.5. The van der Waals surface area contributed by atoms with E-state index in [1.807, 2.05) is 18.2 Å². The lowest BCUT2D eigenvalue weighted by atomic mass is 10.2. The molecule has 0 unspecified atom stereocenters. The van der Waals surface area contributed by atoms with Crippen molar-refractivity contribution in [2.24, 2.45) is 0 Å². The van der Waals surface area contributed by atoms with Crippen molar-refractivity contribution in [2.75, 3.05) is 13.2 Å². The van der Waals surface area contributed by atoms with Crippen LogP contribution in [-0.4, -0.2) is 24.4 Å². The van der Waals surface area contributed by atoms with Crippen molar-refractivity contribution in [3.63, 3.8) is 0 Å². The van der Waals surface area contributed by atoms with Gasteiger partial charge >= 0.3 is 6.09 Å². The van der Waals surface area contributed by atoms with Crippen LogP contribution < -0.4 is 5.32 Å². The molecule has 5 heteroatoms. The van der Waals surface area contributed by atoms with Gasteiger partial charge in [0.05, 0.1) is 6.61 Å². The second-order valence-corrected chi connectivity index (χ2v) is 3.21. The van der Waals surface area contributed by atoms with Gasteiger partial charge < -0.3 is 15.2 Å². The lowest BCUT2D eigenvalue weighted by molar-refractivity contribution is 0.119. The largest absolute Gasteiger partial charge is 0.447 e. The number of hydrogen-bond donors (Lipinski definition) is 2. The van der Waals surface area contributed by atoms with Gasteiger partial charge in [0.25, 0.3) is 0 Å². The number of rotatable bonds is 4. The molecule has 0 saturated heterocycles. The first kappa shape index (κ1) is 11.8. The number of amides is 1. The second kappa shape index (κ2) is 6.27. The number of halogens is 1. The Morgan fingerprint density at radius 3 is 2.87 bits per heavy atom. The molecule has 0 aromatic heterocycles. The Balaban J connectivity index is 2.37. The summed E-state index contributed by atoms with van der Waals surface area (Å²) >= 11 is 5.88. The average Bonchev–Trinajstić information content (AvgIpc) is 2.25. The molecule has 0 spiro atoms. The summed E-state index contributed by atoms with van der Waals surface area (Å²) in [7, 11) is 0. The Kier molecular flexibility index (Phi) is 4.93. The number of hydrogen-bond acceptors (Lipinski definition) is 3. The highest BCUT2D eigenvalue weighted by Crippen LogP contribution is 2.14. The van der Waals surface area contributed by atoms with Gasteiger partial charge in [-0.2, -0.15) is 0 Å². The fraction of sp³-hybridized carbons (Fsp3) is 0.300. The van der Waals surface area contributed by atoms with Crippen LogP contribution in [0.15, 0.2) is 24.3 Å². The molecule has 15 heavy (non-hydrogen) atoms. The van der Waals surface area contributed by atoms with Crippen LogP contribution in [0, 0.1) is 0 Å². The normalized spacial score (nSPS) is 9.73. The van der Waals surface area contributed by atoms with Crippen molar-refractivity contribution < 1.29 is 14.6 Å². The summed E-state index contributed by atoms with van der Waals surface area (Å²) in [4.78, 5) is 11.0. The minimum absolute atomic E-state index is 0.00560. The number of aliphatic hydroxyl groups is 1. The average molecular weight is 230 g/mol. The Hall–Kier alpha value is -1.26. The van der Waals surface area contributed by atoms with Crippen molar-refractivity contribution in [1.82, 2.24) is 5.32 Å². The molecule has 0 aliphatic carbocycles. The number of alkyl carbamates (subject to hydrolysis) is 1. The van der Waals surface area contributed by atoms with Gasteiger partial charge in [0, 0.05) is 11.6 Å². The highest BCUT2D eigenvalue weighted by Gasteiger charge is 2.03. The predicted octanol–water partition coefficient (Wildman–Crippen LogP) is 1.56. The molecule has 0 aliphatic heterocycles. The van der Waals surface area contributed by atoms with Gasteiger partial charge in [0.1, 0.15) is 6.61 Å². The van der Waals surface area contributed by atoms with E-state index in [2.05, 4.69) is 10.1 Å². The van der Waals surface area contributed by atoms with Crippen molar-refractivity contribution in [1.29, 1.82) is 0 Å². The topological polar surface area (TPSA) is 58.6 Å². The molecule has 0 heterocycles. The standard InChI is InChI=1S/C10H12ClNO3/c11-9-4-2-1-3-8(9)7-12-10(14)15-6-5-13/h1-4,13H,5-7H2,(H,12,14). The summed E-state index contributed by atoms with van der Waals surface area (Å²) in [6.07, 6.45) is -0.566. The van der Waals surface area contributed by atoms with Crippen LogP contribution in [0.3, 0.4) is 0 Å².